The summed E-state index contributed by atoms with van der Waals surface area (Å²) in [6, 6.07) is 3.42. The molecule has 0 saturated heterocycles. The van der Waals surface area contributed by atoms with Gasteiger partial charge in [-0.05, 0) is 18.6 Å². The van der Waals surface area contributed by atoms with E-state index in [4.69, 9.17) is 9.84 Å². The molecule has 0 fully saturated rings. The zero-order chi connectivity index (χ0) is 12.0. The minimum absolute atomic E-state index is 0.0739. The number of benzene rings is 1. The number of hydrogen-bond donors (Lipinski definition) is 2. The third-order valence-corrected chi connectivity index (χ3v) is 2.01. The largest absolute Gasteiger partial charge is 0.508 e. The molecule has 2 N–H and O–H groups in total. The number of halogens is 1. The van der Waals surface area contributed by atoms with Gasteiger partial charge in [-0.1, -0.05) is 0 Å². The van der Waals surface area contributed by atoms with Crippen LogP contribution in [0.2, 0.25) is 0 Å². The van der Waals surface area contributed by atoms with Crippen molar-refractivity contribution < 1.29 is 19.0 Å². The van der Waals surface area contributed by atoms with Gasteiger partial charge in [0.1, 0.15) is 11.6 Å². The average Bonchev–Trinajstić information content (AvgIpc) is 2.24. The Morgan fingerprint density at radius 3 is 2.94 bits per heavy atom. The summed E-state index contributed by atoms with van der Waals surface area (Å²) < 4.78 is 18.0. The lowest BCUT2D eigenvalue weighted by Crippen LogP contribution is -2.26. The molecule has 0 aliphatic carbocycles. The third kappa shape index (κ3) is 3.51. The number of amides is 1. The van der Waals surface area contributed by atoms with Crippen LogP contribution in [0.4, 0.5) is 4.39 Å². The molecule has 0 heterocycles. The molecule has 5 heteroatoms. The summed E-state index contributed by atoms with van der Waals surface area (Å²) in [6.45, 7) is 0.964. The van der Waals surface area contributed by atoms with Crippen LogP contribution in [-0.2, 0) is 4.74 Å². The summed E-state index contributed by atoms with van der Waals surface area (Å²) in [5.74, 6) is -1.42. The zero-order valence-corrected chi connectivity index (χ0v) is 9.00. The van der Waals surface area contributed by atoms with Crippen molar-refractivity contribution in [1.29, 1.82) is 0 Å². The number of aromatic hydroxyl groups is 1. The molecule has 1 amide bonds. The molecular formula is C11H14FNO3. The second kappa shape index (κ2) is 6.07. The molecule has 4 nitrogen and oxygen atoms in total. The first-order valence-electron chi connectivity index (χ1n) is 4.91. The predicted octanol–water partition coefficient (Wildman–Crippen LogP) is 1.30. The summed E-state index contributed by atoms with van der Waals surface area (Å²) in [5, 5.41) is 11.5. The summed E-state index contributed by atoms with van der Waals surface area (Å²) >= 11 is 0. The maximum absolute atomic E-state index is 13.2. The number of ether oxygens (including phenoxy) is 1. The Kier molecular flexibility index (Phi) is 4.72. The Bertz CT molecular complexity index is 368. The van der Waals surface area contributed by atoms with Gasteiger partial charge in [-0.25, -0.2) is 4.39 Å². The summed E-state index contributed by atoms with van der Waals surface area (Å²) in [7, 11) is 1.57. The fourth-order valence-electron chi connectivity index (χ4n) is 1.20. The number of nitrogens with one attached hydrogen (secondary N) is 1. The van der Waals surface area contributed by atoms with Crippen molar-refractivity contribution in [3.05, 3.63) is 29.6 Å². The number of phenols is 1. The first-order chi connectivity index (χ1) is 7.65. The van der Waals surface area contributed by atoms with Crippen LogP contribution in [0.3, 0.4) is 0 Å². The standard InChI is InChI=1S/C11H14FNO3/c1-16-6-2-5-13-11(15)9-4-3-8(14)7-10(9)12/h3-4,7,14H,2,5-6H2,1H3,(H,13,15). The zero-order valence-electron chi connectivity index (χ0n) is 9.00. The quantitative estimate of drug-likeness (QED) is 0.745. The van der Waals surface area contributed by atoms with E-state index in [1.807, 2.05) is 0 Å². The molecule has 0 radical (unpaired) electrons. The van der Waals surface area contributed by atoms with Gasteiger partial charge in [0.2, 0.25) is 0 Å². The molecule has 1 aromatic carbocycles. The molecule has 1 rings (SSSR count). The maximum Gasteiger partial charge on any atom is 0.254 e. The topological polar surface area (TPSA) is 58.6 Å². The van der Waals surface area contributed by atoms with Crippen molar-refractivity contribution in [2.24, 2.45) is 0 Å². The van der Waals surface area contributed by atoms with E-state index in [-0.39, 0.29) is 11.3 Å². The minimum atomic E-state index is -0.732. The van der Waals surface area contributed by atoms with Crippen molar-refractivity contribution in [2.75, 3.05) is 20.3 Å². The molecule has 16 heavy (non-hydrogen) atoms. The Balaban J connectivity index is 2.53. The van der Waals surface area contributed by atoms with Crippen molar-refractivity contribution in [2.45, 2.75) is 6.42 Å². The number of phenolic OH excluding ortho intramolecular Hbond substituents is 1. The maximum atomic E-state index is 13.2. The number of carbonyl (C=O) groups excluding carboxylic acids is 1. The van der Waals surface area contributed by atoms with Crippen LogP contribution in [-0.4, -0.2) is 31.3 Å². The van der Waals surface area contributed by atoms with Crippen molar-refractivity contribution in [3.63, 3.8) is 0 Å². The second-order valence-corrected chi connectivity index (χ2v) is 3.27. The van der Waals surface area contributed by atoms with E-state index in [2.05, 4.69) is 5.32 Å². The van der Waals surface area contributed by atoms with Crippen LogP contribution in [0, 0.1) is 5.82 Å². The van der Waals surface area contributed by atoms with Gasteiger partial charge in [-0.15, -0.1) is 0 Å². The monoisotopic (exact) mass is 227 g/mol. The van der Waals surface area contributed by atoms with Crippen LogP contribution in [0.1, 0.15) is 16.8 Å². The van der Waals surface area contributed by atoms with E-state index < -0.39 is 11.7 Å². The van der Waals surface area contributed by atoms with Gasteiger partial charge < -0.3 is 15.2 Å². The van der Waals surface area contributed by atoms with Gasteiger partial charge in [0.15, 0.2) is 0 Å². The van der Waals surface area contributed by atoms with E-state index in [1.165, 1.54) is 12.1 Å². The first-order valence-corrected chi connectivity index (χ1v) is 4.91. The van der Waals surface area contributed by atoms with Crippen LogP contribution in [0.25, 0.3) is 0 Å². The van der Waals surface area contributed by atoms with Crippen LogP contribution < -0.4 is 5.32 Å². The van der Waals surface area contributed by atoms with E-state index in [9.17, 15) is 9.18 Å². The number of rotatable bonds is 5. The molecule has 0 spiro atoms. The van der Waals surface area contributed by atoms with Gasteiger partial charge in [0.05, 0.1) is 5.56 Å². The summed E-state index contributed by atoms with van der Waals surface area (Å²) in [6.07, 6.45) is 0.669. The molecule has 0 saturated carbocycles. The summed E-state index contributed by atoms with van der Waals surface area (Å²) in [4.78, 5) is 11.5. The van der Waals surface area contributed by atoms with Gasteiger partial charge in [-0.3, -0.25) is 4.79 Å². The average molecular weight is 227 g/mol. The SMILES string of the molecule is COCCCNC(=O)c1ccc(O)cc1F. The Morgan fingerprint density at radius 2 is 2.31 bits per heavy atom. The van der Waals surface area contributed by atoms with E-state index in [0.717, 1.165) is 6.07 Å². The molecule has 0 unspecified atom stereocenters. The van der Waals surface area contributed by atoms with Crippen LogP contribution >= 0.6 is 0 Å². The van der Waals surface area contributed by atoms with Crippen molar-refractivity contribution in [3.8, 4) is 5.75 Å². The molecule has 0 atom stereocenters. The molecule has 0 bridgehead atoms. The number of hydrogen-bond acceptors (Lipinski definition) is 3. The highest BCUT2D eigenvalue weighted by Gasteiger charge is 2.11. The lowest BCUT2D eigenvalue weighted by molar-refractivity contribution is 0.0944. The Hall–Kier alpha value is -1.62. The minimum Gasteiger partial charge on any atom is -0.508 e. The van der Waals surface area contributed by atoms with Crippen LogP contribution in [0.5, 0.6) is 5.75 Å². The van der Waals surface area contributed by atoms with E-state index in [0.29, 0.717) is 19.6 Å². The molecular weight excluding hydrogens is 213 g/mol. The number of carbonyl (C=O) groups is 1. The molecule has 88 valence electrons. The molecule has 0 aromatic heterocycles. The highest BCUT2D eigenvalue weighted by Crippen LogP contribution is 2.14. The van der Waals surface area contributed by atoms with Crippen LogP contribution in [0.15, 0.2) is 18.2 Å². The van der Waals surface area contributed by atoms with Gasteiger partial charge >= 0.3 is 0 Å². The first kappa shape index (κ1) is 12.4. The normalized spacial score (nSPS) is 10.1. The van der Waals surface area contributed by atoms with E-state index >= 15 is 0 Å². The highest BCUT2D eigenvalue weighted by molar-refractivity contribution is 5.94. The van der Waals surface area contributed by atoms with E-state index in [1.54, 1.807) is 7.11 Å². The van der Waals surface area contributed by atoms with Gasteiger partial charge in [0.25, 0.3) is 5.91 Å². The van der Waals surface area contributed by atoms with Crippen molar-refractivity contribution in [1.82, 2.24) is 5.32 Å². The summed E-state index contributed by atoms with van der Waals surface area (Å²) in [5.41, 5.74) is -0.0739. The lowest BCUT2D eigenvalue weighted by atomic mass is 10.2. The fraction of sp³-hybridized carbons (Fsp3) is 0.364. The Morgan fingerprint density at radius 1 is 1.56 bits per heavy atom. The molecule has 1 aromatic rings. The fourth-order valence-corrected chi connectivity index (χ4v) is 1.20. The smallest absolute Gasteiger partial charge is 0.254 e. The molecule has 0 aliphatic rings. The number of methoxy groups -OCH3 is 1. The Labute approximate surface area is 93.0 Å². The second-order valence-electron chi connectivity index (χ2n) is 3.27. The van der Waals surface area contributed by atoms with Crippen molar-refractivity contribution >= 4 is 5.91 Å². The third-order valence-electron chi connectivity index (χ3n) is 2.01. The highest BCUT2D eigenvalue weighted by atomic mass is 19.1. The van der Waals surface area contributed by atoms with Gasteiger partial charge in [0, 0.05) is 26.3 Å². The predicted molar refractivity (Wildman–Crippen MR) is 56.9 cm³/mol. The van der Waals surface area contributed by atoms with Gasteiger partial charge in [-0.2, -0.15) is 0 Å². The molecule has 0 aliphatic heterocycles. The lowest BCUT2D eigenvalue weighted by Gasteiger charge is -2.05.